The average Bonchev–Trinajstić information content (AvgIpc) is 2.11. The van der Waals surface area contributed by atoms with Gasteiger partial charge in [0.1, 0.15) is 0 Å². The van der Waals surface area contributed by atoms with Crippen molar-refractivity contribution in [1.82, 2.24) is 0 Å². The van der Waals surface area contributed by atoms with Gasteiger partial charge in [0.2, 0.25) is 5.91 Å². The third kappa shape index (κ3) is 4.17. The fourth-order valence-corrected chi connectivity index (χ4v) is 4.83. The summed E-state index contributed by atoms with van der Waals surface area (Å²) >= 11 is 6.71. The first kappa shape index (κ1) is 13.7. The maximum Gasteiger partial charge on any atom is 0.248 e. The highest BCUT2D eigenvalue weighted by Gasteiger charge is 2.08. The van der Waals surface area contributed by atoms with Crippen molar-refractivity contribution in [3.05, 3.63) is 35.0 Å². The normalized spacial score (nSPS) is 10.7. The molecule has 0 saturated heterocycles. The maximum absolute atomic E-state index is 11.4. The van der Waals surface area contributed by atoms with Crippen LogP contribution in [0.2, 0.25) is 0 Å². The van der Waals surface area contributed by atoms with Gasteiger partial charge in [0.15, 0.2) is 0 Å². The minimum Gasteiger partial charge on any atom is -0.321 e. The Labute approximate surface area is 130 Å². The van der Waals surface area contributed by atoms with Crippen LogP contribution in [0, 0.1) is 10.7 Å². The van der Waals surface area contributed by atoms with Crippen molar-refractivity contribution in [2.45, 2.75) is 6.92 Å². The zero-order valence-corrected chi connectivity index (χ0v) is 14.3. The molecule has 0 fully saturated rings. The highest BCUT2D eigenvalue weighted by atomic mass is 127. The molecule has 5 heteroatoms. The quantitative estimate of drug-likeness (QED) is 0.447. The van der Waals surface area contributed by atoms with E-state index in [-0.39, 0.29) is 5.91 Å². The van der Waals surface area contributed by atoms with Crippen LogP contribution in [0.3, 0.4) is 0 Å². The predicted molar refractivity (Wildman–Crippen MR) is 88.0 cm³/mol. The number of hydrogen-bond donors (Lipinski definition) is 1. The van der Waals surface area contributed by atoms with Crippen LogP contribution in [0.5, 0.6) is 0 Å². The smallest absolute Gasteiger partial charge is 0.248 e. The largest absolute Gasteiger partial charge is 0.321 e. The van der Waals surface area contributed by atoms with E-state index in [2.05, 4.69) is 73.1 Å². The van der Waals surface area contributed by atoms with Crippen molar-refractivity contribution in [3.8, 4) is 0 Å². The van der Waals surface area contributed by atoms with Gasteiger partial charge in [0.25, 0.3) is 0 Å². The molecular formula is C10H8I3NO. The molecule has 80 valence electrons. The monoisotopic (exact) mass is 539 g/mol. The molecule has 0 heterocycles. The molecule has 1 aromatic rings. The van der Waals surface area contributed by atoms with Crippen molar-refractivity contribution in [2.75, 3.05) is 5.32 Å². The lowest BCUT2D eigenvalue weighted by Crippen LogP contribution is -2.10. The topological polar surface area (TPSA) is 29.1 Å². The van der Waals surface area contributed by atoms with Crippen LogP contribution in [0.1, 0.15) is 6.92 Å². The molecule has 0 atom stereocenters. The maximum atomic E-state index is 11.4. The molecule has 1 amide bonds. The Morgan fingerprint density at radius 3 is 2.27 bits per heavy atom. The summed E-state index contributed by atoms with van der Waals surface area (Å²) in [5.74, 6) is -0.0884. The van der Waals surface area contributed by atoms with Crippen molar-refractivity contribution < 1.29 is 4.79 Å². The molecule has 0 bridgehead atoms. The fourth-order valence-electron chi connectivity index (χ4n) is 0.978. The summed E-state index contributed by atoms with van der Waals surface area (Å²) in [5, 5.41) is 2.86. The highest BCUT2D eigenvalue weighted by molar-refractivity contribution is 14.1. The van der Waals surface area contributed by atoms with Gasteiger partial charge in [-0.15, -0.1) is 0 Å². The van der Waals surface area contributed by atoms with E-state index in [4.69, 9.17) is 0 Å². The molecule has 1 N–H and O–H groups in total. The summed E-state index contributed by atoms with van der Waals surface area (Å²) in [6, 6.07) is 4.07. The average molecular weight is 539 g/mol. The first-order chi connectivity index (χ1) is 7.04. The number of halogens is 3. The fraction of sp³-hybridized carbons (Fsp3) is 0.100. The number of anilines is 1. The predicted octanol–water partition coefficient (Wildman–Crippen LogP) is 4.02. The van der Waals surface area contributed by atoms with Gasteiger partial charge < -0.3 is 5.32 Å². The summed E-state index contributed by atoms with van der Waals surface area (Å²) < 4.78 is 3.29. The summed E-state index contributed by atoms with van der Waals surface area (Å²) in [7, 11) is 0. The Bertz CT molecular complexity index is 392. The lowest BCUT2D eigenvalue weighted by Gasteiger charge is -2.08. The molecule has 0 radical (unpaired) electrons. The summed E-state index contributed by atoms with van der Waals surface area (Å²) in [6.07, 6.45) is 3.24. The summed E-state index contributed by atoms with van der Waals surface area (Å²) in [5.41, 5.74) is 0.889. The van der Waals surface area contributed by atoms with Crippen LogP contribution >= 0.6 is 67.8 Å². The third-order valence-electron chi connectivity index (χ3n) is 1.57. The van der Waals surface area contributed by atoms with E-state index in [1.807, 2.05) is 19.1 Å². The SMILES string of the molecule is CC=CC(=O)Nc1c(I)cc(I)cc1I. The molecule has 0 aliphatic heterocycles. The number of carbonyl (C=O) groups is 1. The van der Waals surface area contributed by atoms with Crippen LogP contribution in [-0.2, 0) is 4.79 Å². The minimum absolute atomic E-state index is 0.0884. The number of allylic oxidation sites excluding steroid dienone is 1. The van der Waals surface area contributed by atoms with E-state index in [9.17, 15) is 4.79 Å². The van der Waals surface area contributed by atoms with E-state index in [1.54, 1.807) is 6.08 Å². The van der Waals surface area contributed by atoms with E-state index in [0.29, 0.717) is 0 Å². The highest BCUT2D eigenvalue weighted by Crippen LogP contribution is 2.27. The molecule has 0 saturated carbocycles. The molecule has 0 aliphatic rings. The van der Waals surface area contributed by atoms with Crippen molar-refractivity contribution >= 4 is 79.4 Å². The summed E-state index contributed by atoms with van der Waals surface area (Å²) in [4.78, 5) is 11.4. The van der Waals surface area contributed by atoms with E-state index in [1.165, 1.54) is 9.65 Å². The first-order valence-corrected chi connectivity index (χ1v) is 7.36. The molecule has 0 spiro atoms. The standard InChI is InChI=1S/C10H8I3NO/c1-2-3-9(15)14-10-7(12)4-6(11)5-8(10)13/h2-5H,1H3,(H,14,15). The molecule has 15 heavy (non-hydrogen) atoms. The molecule has 2 nitrogen and oxygen atoms in total. The number of amides is 1. The number of rotatable bonds is 2. The Hall–Kier alpha value is 0.620. The Balaban J connectivity index is 3.00. The number of nitrogens with one attached hydrogen (secondary N) is 1. The van der Waals surface area contributed by atoms with Gasteiger partial charge in [0.05, 0.1) is 5.69 Å². The van der Waals surface area contributed by atoms with Crippen LogP contribution < -0.4 is 5.32 Å². The number of carbonyl (C=O) groups excluding carboxylic acids is 1. The van der Waals surface area contributed by atoms with Gasteiger partial charge in [-0.05, 0) is 92.9 Å². The second kappa shape index (κ2) is 6.38. The number of benzene rings is 1. The van der Waals surface area contributed by atoms with Crippen molar-refractivity contribution in [2.24, 2.45) is 0 Å². The zero-order valence-electron chi connectivity index (χ0n) is 7.85. The first-order valence-electron chi connectivity index (χ1n) is 4.13. The zero-order chi connectivity index (χ0) is 11.4. The Morgan fingerprint density at radius 1 is 1.27 bits per heavy atom. The second-order valence-corrected chi connectivity index (χ2v) is 6.30. The molecule has 0 aliphatic carbocycles. The molecular weight excluding hydrogens is 531 g/mol. The molecule has 1 rings (SSSR count). The minimum atomic E-state index is -0.0884. The van der Waals surface area contributed by atoms with Gasteiger partial charge in [-0.3, -0.25) is 4.79 Å². The van der Waals surface area contributed by atoms with Gasteiger partial charge in [-0.25, -0.2) is 0 Å². The molecule has 0 unspecified atom stereocenters. The van der Waals surface area contributed by atoms with Gasteiger partial charge in [-0.1, -0.05) is 6.08 Å². The van der Waals surface area contributed by atoms with Gasteiger partial charge in [-0.2, -0.15) is 0 Å². The second-order valence-electron chi connectivity index (χ2n) is 2.73. The van der Waals surface area contributed by atoms with E-state index < -0.39 is 0 Å². The number of hydrogen-bond acceptors (Lipinski definition) is 1. The Morgan fingerprint density at radius 2 is 1.80 bits per heavy atom. The lowest BCUT2D eigenvalue weighted by atomic mass is 10.3. The van der Waals surface area contributed by atoms with Gasteiger partial charge >= 0.3 is 0 Å². The molecule has 1 aromatic carbocycles. The van der Waals surface area contributed by atoms with Crippen LogP contribution in [0.25, 0.3) is 0 Å². The molecule has 0 aromatic heterocycles. The summed E-state index contributed by atoms with van der Waals surface area (Å²) in [6.45, 7) is 1.82. The van der Waals surface area contributed by atoms with Crippen molar-refractivity contribution in [3.63, 3.8) is 0 Å². The lowest BCUT2D eigenvalue weighted by molar-refractivity contribution is -0.111. The Kier molecular flexibility index (Phi) is 5.82. The van der Waals surface area contributed by atoms with Crippen LogP contribution in [0.15, 0.2) is 24.3 Å². The van der Waals surface area contributed by atoms with Crippen LogP contribution in [-0.4, -0.2) is 5.91 Å². The van der Waals surface area contributed by atoms with E-state index in [0.717, 1.165) is 12.8 Å². The van der Waals surface area contributed by atoms with Crippen LogP contribution in [0.4, 0.5) is 5.69 Å². The third-order valence-corrected chi connectivity index (χ3v) is 3.90. The van der Waals surface area contributed by atoms with Crippen molar-refractivity contribution in [1.29, 1.82) is 0 Å². The van der Waals surface area contributed by atoms with Gasteiger partial charge in [0, 0.05) is 10.7 Å². The van der Waals surface area contributed by atoms with E-state index >= 15 is 0 Å².